The molecule has 20 heavy (non-hydrogen) atoms. The van der Waals surface area contributed by atoms with Crippen LogP contribution < -0.4 is 5.32 Å². The third-order valence-electron chi connectivity index (χ3n) is 4.03. The Hall–Kier alpha value is -1.68. The first-order valence-corrected chi connectivity index (χ1v) is 7.31. The Bertz CT molecular complexity index is 585. The van der Waals surface area contributed by atoms with Crippen molar-refractivity contribution in [3.8, 4) is 0 Å². The van der Waals surface area contributed by atoms with E-state index in [1.807, 2.05) is 0 Å². The van der Waals surface area contributed by atoms with Gasteiger partial charge in [-0.3, -0.25) is 0 Å². The Kier molecular flexibility index (Phi) is 3.83. The van der Waals surface area contributed by atoms with E-state index in [4.69, 9.17) is 4.52 Å². The summed E-state index contributed by atoms with van der Waals surface area (Å²) in [5.41, 5.74) is 3.83. The van der Waals surface area contributed by atoms with Gasteiger partial charge < -0.3 is 9.84 Å². The fourth-order valence-corrected chi connectivity index (χ4v) is 2.79. The standard InChI is InChI=1S/C16H21N3O/c1-11-3-4-14(12(2)9-11)10-15-18-16(19-20-15)13-5-7-17-8-6-13/h3-4,9,13,17H,5-8,10H2,1-2H3. The third-order valence-corrected chi connectivity index (χ3v) is 4.03. The van der Waals surface area contributed by atoms with Crippen LogP contribution >= 0.6 is 0 Å². The van der Waals surface area contributed by atoms with E-state index in [1.165, 1.54) is 16.7 Å². The monoisotopic (exact) mass is 271 g/mol. The quantitative estimate of drug-likeness (QED) is 0.932. The van der Waals surface area contributed by atoms with Gasteiger partial charge in [0.15, 0.2) is 5.82 Å². The van der Waals surface area contributed by atoms with Crippen LogP contribution in [0.5, 0.6) is 0 Å². The molecule has 1 aliphatic rings. The molecule has 0 aliphatic carbocycles. The average Bonchev–Trinajstić information content (AvgIpc) is 2.92. The highest BCUT2D eigenvalue weighted by atomic mass is 16.5. The number of benzene rings is 1. The van der Waals surface area contributed by atoms with Crippen molar-refractivity contribution in [1.82, 2.24) is 15.5 Å². The Morgan fingerprint density at radius 1 is 1.25 bits per heavy atom. The van der Waals surface area contributed by atoms with E-state index in [9.17, 15) is 0 Å². The third kappa shape index (κ3) is 2.90. The van der Waals surface area contributed by atoms with Crippen molar-refractivity contribution in [3.63, 3.8) is 0 Å². The number of nitrogens with zero attached hydrogens (tertiary/aromatic N) is 2. The molecule has 0 bridgehead atoms. The van der Waals surface area contributed by atoms with Gasteiger partial charge in [0.1, 0.15) is 0 Å². The van der Waals surface area contributed by atoms with Crippen molar-refractivity contribution in [3.05, 3.63) is 46.6 Å². The summed E-state index contributed by atoms with van der Waals surface area (Å²) in [6.45, 7) is 6.34. The minimum atomic E-state index is 0.452. The van der Waals surface area contributed by atoms with Crippen LogP contribution in [0.3, 0.4) is 0 Å². The fourth-order valence-electron chi connectivity index (χ4n) is 2.79. The molecule has 0 radical (unpaired) electrons. The molecule has 0 unspecified atom stereocenters. The van der Waals surface area contributed by atoms with Crippen LogP contribution in [-0.4, -0.2) is 23.2 Å². The maximum absolute atomic E-state index is 5.43. The van der Waals surface area contributed by atoms with Crippen LogP contribution in [0.1, 0.15) is 47.2 Å². The van der Waals surface area contributed by atoms with Crippen LogP contribution in [0.25, 0.3) is 0 Å². The topological polar surface area (TPSA) is 51.0 Å². The van der Waals surface area contributed by atoms with Gasteiger partial charge in [0.2, 0.25) is 5.89 Å². The zero-order chi connectivity index (χ0) is 13.9. The number of aryl methyl sites for hydroxylation is 2. The van der Waals surface area contributed by atoms with Crippen molar-refractivity contribution >= 4 is 0 Å². The van der Waals surface area contributed by atoms with Crippen LogP contribution in [0.15, 0.2) is 22.7 Å². The zero-order valence-corrected chi connectivity index (χ0v) is 12.1. The minimum absolute atomic E-state index is 0.452. The van der Waals surface area contributed by atoms with E-state index in [0.29, 0.717) is 5.92 Å². The lowest BCUT2D eigenvalue weighted by Crippen LogP contribution is -2.27. The molecule has 3 rings (SSSR count). The fraction of sp³-hybridized carbons (Fsp3) is 0.500. The zero-order valence-electron chi connectivity index (χ0n) is 12.1. The van der Waals surface area contributed by atoms with Gasteiger partial charge in [-0.2, -0.15) is 4.98 Å². The number of hydrogen-bond acceptors (Lipinski definition) is 4. The first-order valence-electron chi connectivity index (χ1n) is 7.31. The van der Waals surface area contributed by atoms with Gasteiger partial charge in [0, 0.05) is 5.92 Å². The summed E-state index contributed by atoms with van der Waals surface area (Å²) >= 11 is 0. The molecule has 1 aliphatic heterocycles. The molecule has 1 aromatic carbocycles. The van der Waals surface area contributed by atoms with Crippen LogP contribution in [0, 0.1) is 13.8 Å². The van der Waals surface area contributed by atoms with Gasteiger partial charge in [0.25, 0.3) is 0 Å². The molecule has 0 amide bonds. The lowest BCUT2D eigenvalue weighted by Gasteiger charge is -2.18. The van der Waals surface area contributed by atoms with Crippen molar-refractivity contribution in [2.24, 2.45) is 0 Å². The maximum Gasteiger partial charge on any atom is 0.231 e. The molecule has 1 N–H and O–H groups in total. The number of hydrogen-bond donors (Lipinski definition) is 1. The average molecular weight is 271 g/mol. The molecule has 1 aromatic heterocycles. The Morgan fingerprint density at radius 3 is 2.80 bits per heavy atom. The highest BCUT2D eigenvalue weighted by Gasteiger charge is 2.20. The Balaban J connectivity index is 1.73. The van der Waals surface area contributed by atoms with Crippen molar-refractivity contribution in [1.29, 1.82) is 0 Å². The second-order valence-corrected chi connectivity index (χ2v) is 5.68. The molecule has 1 saturated heterocycles. The molecule has 2 aromatic rings. The van der Waals surface area contributed by atoms with Gasteiger partial charge in [-0.25, -0.2) is 0 Å². The van der Waals surface area contributed by atoms with E-state index < -0.39 is 0 Å². The Morgan fingerprint density at radius 2 is 2.05 bits per heavy atom. The summed E-state index contributed by atoms with van der Waals surface area (Å²) < 4.78 is 5.43. The number of rotatable bonds is 3. The summed E-state index contributed by atoms with van der Waals surface area (Å²) in [5, 5.41) is 7.53. The predicted molar refractivity (Wildman–Crippen MR) is 77.9 cm³/mol. The second kappa shape index (κ2) is 5.75. The highest BCUT2D eigenvalue weighted by molar-refractivity contribution is 5.32. The molecule has 0 atom stereocenters. The van der Waals surface area contributed by atoms with Crippen molar-refractivity contribution < 1.29 is 4.52 Å². The normalized spacial score (nSPS) is 16.5. The van der Waals surface area contributed by atoms with E-state index in [2.05, 4.69) is 47.5 Å². The molecular weight excluding hydrogens is 250 g/mol. The molecule has 4 nitrogen and oxygen atoms in total. The number of piperidine rings is 1. The summed E-state index contributed by atoms with van der Waals surface area (Å²) in [6.07, 6.45) is 2.93. The lowest BCUT2D eigenvalue weighted by atomic mass is 9.97. The summed E-state index contributed by atoms with van der Waals surface area (Å²) in [7, 11) is 0. The number of nitrogens with one attached hydrogen (secondary N) is 1. The molecule has 2 heterocycles. The van der Waals surface area contributed by atoms with Gasteiger partial charge in [-0.1, -0.05) is 28.9 Å². The lowest BCUT2D eigenvalue weighted by molar-refractivity contribution is 0.365. The van der Waals surface area contributed by atoms with Gasteiger partial charge in [-0.05, 0) is 50.9 Å². The highest BCUT2D eigenvalue weighted by Crippen LogP contribution is 2.23. The van der Waals surface area contributed by atoms with E-state index >= 15 is 0 Å². The first kappa shape index (κ1) is 13.3. The van der Waals surface area contributed by atoms with Gasteiger partial charge in [-0.15, -0.1) is 0 Å². The predicted octanol–water partition coefficient (Wildman–Crippen LogP) is 2.74. The van der Waals surface area contributed by atoms with Crippen LogP contribution in [0.4, 0.5) is 0 Å². The molecule has 1 fully saturated rings. The molecular formula is C16H21N3O. The second-order valence-electron chi connectivity index (χ2n) is 5.68. The summed E-state index contributed by atoms with van der Waals surface area (Å²) in [4.78, 5) is 4.59. The number of aromatic nitrogens is 2. The van der Waals surface area contributed by atoms with Crippen LogP contribution in [0.2, 0.25) is 0 Å². The largest absolute Gasteiger partial charge is 0.339 e. The van der Waals surface area contributed by atoms with Gasteiger partial charge >= 0.3 is 0 Å². The van der Waals surface area contributed by atoms with E-state index in [1.54, 1.807) is 0 Å². The van der Waals surface area contributed by atoms with E-state index in [0.717, 1.165) is 44.1 Å². The van der Waals surface area contributed by atoms with Crippen LogP contribution in [-0.2, 0) is 6.42 Å². The summed E-state index contributed by atoms with van der Waals surface area (Å²) in [5.74, 6) is 2.06. The van der Waals surface area contributed by atoms with Crippen molar-refractivity contribution in [2.75, 3.05) is 13.1 Å². The minimum Gasteiger partial charge on any atom is -0.339 e. The van der Waals surface area contributed by atoms with Crippen molar-refractivity contribution in [2.45, 2.75) is 39.0 Å². The maximum atomic E-state index is 5.43. The first-order chi connectivity index (χ1) is 9.72. The SMILES string of the molecule is Cc1ccc(Cc2nc(C3CCNCC3)no2)c(C)c1. The van der Waals surface area contributed by atoms with Gasteiger partial charge in [0.05, 0.1) is 6.42 Å². The smallest absolute Gasteiger partial charge is 0.231 e. The Labute approximate surface area is 119 Å². The molecule has 106 valence electrons. The molecule has 0 saturated carbocycles. The summed E-state index contributed by atoms with van der Waals surface area (Å²) in [6, 6.07) is 6.48. The van der Waals surface area contributed by atoms with E-state index in [-0.39, 0.29) is 0 Å². The molecule has 0 spiro atoms. The molecule has 4 heteroatoms.